The van der Waals surface area contributed by atoms with Crippen LogP contribution < -0.4 is 10.0 Å². The van der Waals surface area contributed by atoms with Gasteiger partial charge in [-0.15, -0.1) is 0 Å². The van der Waals surface area contributed by atoms with Crippen LogP contribution in [0.25, 0.3) is 0 Å². The van der Waals surface area contributed by atoms with Crippen molar-refractivity contribution in [3.8, 4) is 0 Å². The number of nitrogens with one attached hydrogen (secondary N) is 2. The van der Waals surface area contributed by atoms with Crippen molar-refractivity contribution in [3.05, 3.63) is 0 Å². The molecule has 14 heavy (non-hydrogen) atoms. The molecule has 1 aliphatic heterocycles. The zero-order valence-corrected chi connectivity index (χ0v) is 9.76. The SMILES string of the molecule is CNCC1CNS(=O)(=O)N(C(C)C)C1. The second-order valence-corrected chi connectivity index (χ2v) is 5.65. The van der Waals surface area contributed by atoms with E-state index in [1.807, 2.05) is 20.9 Å². The van der Waals surface area contributed by atoms with Gasteiger partial charge in [0.1, 0.15) is 0 Å². The lowest BCUT2D eigenvalue weighted by Crippen LogP contribution is -2.55. The Hall–Kier alpha value is -0.170. The standard InChI is InChI=1S/C8H19N3O2S/c1-7(2)11-6-8(4-9-3)5-10-14(11,12)13/h7-10H,4-6H2,1-3H3. The van der Waals surface area contributed by atoms with Gasteiger partial charge in [-0.1, -0.05) is 0 Å². The van der Waals surface area contributed by atoms with Gasteiger partial charge in [-0.3, -0.25) is 0 Å². The van der Waals surface area contributed by atoms with E-state index >= 15 is 0 Å². The first-order valence-corrected chi connectivity index (χ1v) is 6.32. The third-order valence-corrected chi connectivity index (χ3v) is 4.09. The third-order valence-electron chi connectivity index (χ3n) is 2.37. The van der Waals surface area contributed by atoms with Crippen molar-refractivity contribution in [2.24, 2.45) is 5.92 Å². The summed E-state index contributed by atoms with van der Waals surface area (Å²) in [4.78, 5) is 0. The van der Waals surface area contributed by atoms with E-state index in [1.165, 1.54) is 4.31 Å². The summed E-state index contributed by atoms with van der Waals surface area (Å²) >= 11 is 0. The van der Waals surface area contributed by atoms with E-state index in [-0.39, 0.29) is 6.04 Å². The summed E-state index contributed by atoms with van der Waals surface area (Å²) in [5, 5.41) is 3.06. The summed E-state index contributed by atoms with van der Waals surface area (Å²) in [7, 11) is -1.34. The first kappa shape index (κ1) is 11.9. The summed E-state index contributed by atoms with van der Waals surface area (Å²) in [6.45, 7) is 5.76. The van der Waals surface area contributed by atoms with Crippen LogP contribution in [-0.4, -0.2) is 45.4 Å². The summed E-state index contributed by atoms with van der Waals surface area (Å²) < 4.78 is 27.2. The van der Waals surface area contributed by atoms with Crippen LogP contribution in [-0.2, 0) is 10.2 Å². The lowest BCUT2D eigenvalue weighted by molar-refractivity contribution is 0.268. The van der Waals surface area contributed by atoms with Gasteiger partial charge in [0.05, 0.1) is 0 Å². The molecular weight excluding hydrogens is 202 g/mol. The topological polar surface area (TPSA) is 61.4 Å². The van der Waals surface area contributed by atoms with Crippen LogP contribution in [0.1, 0.15) is 13.8 Å². The van der Waals surface area contributed by atoms with Gasteiger partial charge in [-0.25, -0.2) is 4.72 Å². The number of hydrogen-bond acceptors (Lipinski definition) is 3. The molecule has 1 heterocycles. The summed E-state index contributed by atoms with van der Waals surface area (Å²) in [5.41, 5.74) is 0. The third kappa shape index (κ3) is 2.66. The normalized spacial score (nSPS) is 28.1. The Labute approximate surface area is 86.0 Å². The lowest BCUT2D eigenvalue weighted by atomic mass is 10.1. The molecule has 5 nitrogen and oxygen atoms in total. The Morgan fingerprint density at radius 1 is 1.57 bits per heavy atom. The van der Waals surface area contributed by atoms with Crippen LogP contribution in [0, 0.1) is 5.92 Å². The molecule has 0 spiro atoms. The molecule has 0 radical (unpaired) electrons. The zero-order chi connectivity index (χ0) is 10.8. The van der Waals surface area contributed by atoms with E-state index in [2.05, 4.69) is 10.0 Å². The molecule has 1 aliphatic rings. The van der Waals surface area contributed by atoms with Gasteiger partial charge in [0, 0.05) is 25.7 Å². The van der Waals surface area contributed by atoms with Crippen LogP contribution in [0.5, 0.6) is 0 Å². The molecule has 1 rings (SSSR count). The highest BCUT2D eigenvalue weighted by molar-refractivity contribution is 7.87. The highest BCUT2D eigenvalue weighted by Gasteiger charge is 2.32. The van der Waals surface area contributed by atoms with Crippen molar-refractivity contribution in [2.75, 3.05) is 26.7 Å². The molecule has 1 fully saturated rings. The molecule has 0 aromatic rings. The average molecular weight is 221 g/mol. The molecule has 2 N–H and O–H groups in total. The van der Waals surface area contributed by atoms with Gasteiger partial charge in [0.2, 0.25) is 0 Å². The molecule has 0 aliphatic carbocycles. The van der Waals surface area contributed by atoms with Gasteiger partial charge in [-0.05, 0) is 26.8 Å². The molecule has 1 saturated heterocycles. The molecule has 0 bridgehead atoms. The van der Waals surface area contributed by atoms with Crippen LogP contribution in [0.4, 0.5) is 0 Å². The van der Waals surface area contributed by atoms with Crippen LogP contribution in [0.15, 0.2) is 0 Å². The van der Waals surface area contributed by atoms with Crippen molar-refractivity contribution in [2.45, 2.75) is 19.9 Å². The van der Waals surface area contributed by atoms with Crippen LogP contribution in [0.2, 0.25) is 0 Å². The van der Waals surface area contributed by atoms with Gasteiger partial charge < -0.3 is 5.32 Å². The maximum absolute atomic E-state index is 11.6. The van der Waals surface area contributed by atoms with E-state index in [9.17, 15) is 8.42 Å². The molecule has 1 atom stereocenters. The maximum Gasteiger partial charge on any atom is 0.279 e. The second kappa shape index (κ2) is 4.57. The minimum Gasteiger partial charge on any atom is -0.319 e. The largest absolute Gasteiger partial charge is 0.319 e. The Bertz CT molecular complexity index is 276. The fourth-order valence-corrected chi connectivity index (χ4v) is 3.21. The highest BCUT2D eigenvalue weighted by Crippen LogP contribution is 2.13. The number of nitrogens with zero attached hydrogens (tertiary/aromatic N) is 1. The van der Waals surface area contributed by atoms with Crippen molar-refractivity contribution >= 4 is 10.2 Å². The van der Waals surface area contributed by atoms with E-state index < -0.39 is 10.2 Å². The molecule has 0 aromatic carbocycles. The van der Waals surface area contributed by atoms with Gasteiger partial charge in [-0.2, -0.15) is 12.7 Å². The zero-order valence-electron chi connectivity index (χ0n) is 8.95. The molecule has 0 saturated carbocycles. The molecule has 6 heteroatoms. The van der Waals surface area contributed by atoms with Crippen molar-refractivity contribution < 1.29 is 8.42 Å². The van der Waals surface area contributed by atoms with E-state index in [1.54, 1.807) is 0 Å². The van der Waals surface area contributed by atoms with E-state index in [0.29, 0.717) is 19.0 Å². The summed E-state index contributed by atoms with van der Waals surface area (Å²) in [5.74, 6) is 0.353. The molecule has 1 unspecified atom stereocenters. The van der Waals surface area contributed by atoms with Crippen LogP contribution >= 0.6 is 0 Å². The average Bonchev–Trinajstić information content (AvgIpc) is 2.08. The predicted octanol–water partition coefficient (Wildman–Crippen LogP) is -0.620. The smallest absolute Gasteiger partial charge is 0.279 e. The van der Waals surface area contributed by atoms with Gasteiger partial charge in [0.25, 0.3) is 10.2 Å². The maximum atomic E-state index is 11.6. The Morgan fingerprint density at radius 3 is 2.71 bits per heavy atom. The van der Waals surface area contributed by atoms with Crippen molar-refractivity contribution in [1.29, 1.82) is 0 Å². The Kier molecular flexibility index (Phi) is 3.88. The summed E-state index contributed by atoms with van der Waals surface area (Å²) in [6, 6.07) is 0.0205. The Balaban J connectivity index is 2.68. The lowest BCUT2D eigenvalue weighted by Gasteiger charge is -2.34. The van der Waals surface area contributed by atoms with E-state index in [0.717, 1.165) is 6.54 Å². The van der Waals surface area contributed by atoms with Gasteiger partial charge >= 0.3 is 0 Å². The fraction of sp³-hybridized carbons (Fsp3) is 1.00. The van der Waals surface area contributed by atoms with Crippen molar-refractivity contribution in [1.82, 2.24) is 14.3 Å². The van der Waals surface area contributed by atoms with Crippen molar-refractivity contribution in [3.63, 3.8) is 0 Å². The monoisotopic (exact) mass is 221 g/mol. The highest BCUT2D eigenvalue weighted by atomic mass is 32.2. The van der Waals surface area contributed by atoms with E-state index in [4.69, 9.17) is 0 Å². The number of hydrogen-bond donors (Lipinski definition) is 2. The van der Waals surface area contributed by atoms with Gasteiger partial charge in [0.15, 0.2) is 0 Å². The summed E-state index contributed by atoms with van der Waals surface area (Å²) in [6.07, 6.45) is 0. The second-order valence-electron chi connectivity index (χ2n) is 3.94. The molecule has 0 amide bonds. The quantitative estimate of drug-likeness (QED) is 0.668. The minimum absolute atomic E-state index is 0.0205. The Morgan fingerprint density at radius 2 is 2.21 bits per heavy atom. The molecule has 0 aromatic heterocycles. The minimum atomic E-state index is -3.22. The molecular formula is C8H19N3O2S. The molecule has 84 valence electrons. The van der Waals surface area contributed by atoms with Crippen LogP contribution in [0.3, 0.4) is 0 Å². The first-order chi connectivity index (χ1) is 6.47. The number of rotatable bonds is 3. The predicted molar refractivity (Wildman–Crippen MR) is 56.2 cm³/mol. The first-order valence-electron chi connectivity index (χ1n) is 4.88. The fourth-order valence-electron chi connectivity index (χ4n) is 1.64.